The Morgan fingerprint density at radius 2 is 1.79 bits per heavy atom. The summed E-state index contributed by atoms with van der Waals surface area (Å²) in [4.78, 5) is 17.1. The predicted molar refractivity (Wildman–Crippen MR) is 111 cm³/mol. The molecule has 2 aromatic rings. The number of rotatable bonds is 5. The molecule has 29 heavy (non-hydrogen) atoms. The lowest BCUT2D eigenvalue weighted by molar-refractivity contribution is 0.0757. The molecule has 0 spiro atoms. The normalized spacial score (nSPS) is 15.8. The molecule has 8 heteroatoms. The molecule has 1 amide bonds. The van der Waals surface area contributed by atoms with Crippen molar-refractivity contribution < 1.29 is 17.9 Å². The fourth-order valence-electron chi connectivity index (χ4n) is 3.49. The van der Waals surface area contributed by atoms with Crippen LogP contribution in [0.3, 0.4) is 0 Å². The van der Waals surface area contributed by atoms with E-state index >= 15 is 0 Å². The van der Waals surface area contributed by atoms with E-state index in [1.165, 1.54) is 36.4 Å². The van der Waals surface area contributed by atoms with E-state index in [0.29, 0.717) is 18.8 Å². The monoisotopic (exact) mass is 417 g/mol. The van der Waals surface area contributed by atoms with Crippen molar-refractivity contribution in [1.82, 2.24) is 9.80 Å². The lowest BCUT2D eigenvalue weighted by Gasteiger charge is -2.23. The number of benzene rings is 2. The number of nitrogens with zero attached hydrogens (tertiary/aromatic N) is 2. The highest BCUT2D eigenvalue weighted by molar-refractivity contribution is 7.89. The number of hydrogen-bond donors (Lipinski definition) is 1. The molecule has 0 unspecified atom stereocenters. The molecule has 0 radical (unpaired) electrons. The first-order chi connectivity index (χ1) is 13.8. The summed E-state index contributed by atoms with van der Waals surface area (Å²) in [6.45, 7) is 5.72. The maximum atomic E-state index is 13.1. The van der Waals surface area contributed by atoms with Crippen molar-refractivity contribution in [3.05, 3.63) is 59.2 Å². The molecule has 7 nitrogen and oxygen atoms in total. The summed E-state index contributed by atoms with van der Waals surface area (Å²) in [5, 5.41) is 5.22. The van der Waals surface area contributed by atoms with Crippen molar-refractivity contribution in [2.24, 2.45) is 5.14 Å². The Morgan fingerprint density at radius 3 is 2.45 bits per heavy atom. The minimum atomic E-state index is -3.90. The summed E-state index contributed by atoms with van der Waals surface area (Å²) in [7, 11) is -2.45. The molecule has 0 saturated carbocycles. The van der Waals surface area contributed by atoms with Crippen LogP contribution in [0.2, 0.25) is 0 Å². The molecule has 1 aliphatic rings. The summed E-state index contributed by atoms with van der Waals surface area (Å²) in [5.74, 6) is 0.0905. The predicted octanol–water partition coefficient (Wildman–Crippen LogP) is 2.00. The Kier molecular flexibility index (Phi) is 6.56. The first kappa shape index (κ1) is 21.3. The number of ether oxygens (including phenoxy) is 1. The molecule has 156 valence electrons. The van der Waals surface area contributed by atoms with Crippen molar-refractivity contribution in [1.29, 1.82) is 0 Å². The number of sulfonamides is 1. The number of primary sulfonamides is 1. The fraction of sp³-hybridized carbons (Fsp3) is 0.381. The molecule has 2 N–H and O–H groups in total. The molecule has 1 saturated heterocycles. The van der Waals surface area contributed by atoms with Gasteiger partial charge in [-0.1, -0.05) is 29.8 Å². The molecule has 3 rings (SSSR count). The zero-order valence-corrected chi connectivity index (χ0v) is 17.6. The lowest BCUT2D eigenvalue weighted by atomic mass is 10.1. The average Bonchev–Trinajstić information content (AvgIpc) is 2.93. The number of aryl methyl sites for hydroxylation is 1. The van der Waals surface area contributed by atoms with Gasteiger partial charge in [0.15, 0.2) is 0 Å². The van der Waals surface area contributed by atoms with Gasteiger partial charge in [-0.15, -0.1) is 0 Å². The molecular weight excluding hydrogens is 390 g/mol. The molecule has 0 aliphatic carbocycles. The summed E-state index contributed by atoms with van der Waals surface area (Å²) < 4.78 is 28.6. The third-order valence-corrected chi connectivity index (χ3v) is 6.04. The summed E-state index contributed by atoms with van der Waals surface area (Å²) in [6, 6.07) is 12.6. The van der Waals surface area contributed by atoms with Crippen LogP contribution in [0.4, 0.5) is 0 Å². The number of amides is 1. The van der Waals surface area contributed by atoms with Gasteiger partial charge in [0.2, 0.25) is 10.0 Å². The second-order valence-corrected chi connectivity index (χ2v) is 8.88. The maximum Gasteiger partial charge on any atom is 0.257 e. The van der Waals surface area contributed by atoms with Crippen LogP contribution in [0, 0.1) is 6.92 Å². The highest BCUT2D eigenvalue weighted by atomic mass is 32.2. The molecule has 1 aliphatic heterocycles. The minimum absolute atomic E-state index is 0.0996. The Morgan fingerprint density at radius 1 is 1.07 bits per heavy atom. The highest BCUT2D eigenvalue weighted by Crippen LogP contribution is 2.24. The maximum absolute atomic E-state index is 13.1. The van der Waals surface area contributed by atoms with Gasteiger partial charge >= 0.3 is 0 Å². The van der Waals surface area contributed by atoms with Gasteiger partial charge in [-0.05, 0) is 37.1 Å². The van der Waals surface area contributed by atoms with Gasteiger partial charge in [0.25, 0.3) is 5.91 Å². The standard InChI is InChI=1S/C21H27N3O4S/c1-16-4-6-17(7-5-16)15-23-10-3-11-24(13-12-23)21(25)19-14-18(29(22,26)27)8-9-20(19)28-2/h4-9,14H,3,10-13,15H2,1-2H3,(H2,22,26,27). The summed E-state index contributed by atoms with van der Waals surface area (Å²) in [5.41, 5.74) is 2.70. The van der Waals surface area contributed by atoms with E-state index < -0.39 is 10.0 Å². The molecule has 1 heterocycles. The van der Waals surface area contributed by atoms with Crippen LogP contribution in [0.25, 0.3) is 0 Å². The highest BCUT2D eigenvalue weighted by Gasteiger charge is 2.24. The zero-order valence-electron chi connectivity index (χ0n) is 16.8. The Balaban J connectivity index is 1.73. The first-order valence-electron chi connectivity index (χ1n) is 9.56. The second-order valence-electron chi connectivity index (χ2n) is 7.31. The van der Waals surface area contributed by atoms with Crippen LogP contribution in [-0.4, -0.2) is 57.4 Å². The van der Waals surface area contributed by atoms with Crippen LogP contribution < -0.4 is 9.88 Å². The zero-order chi connectivity index (χ0) is 21.0. The minimum Gasteiger partial charge on any atom is -0.496 e. The van der Waals surface area contributed by atoms with Crippen LogP contribution in [0.5, 0.6) is 5.75 Å². The second kappa shape index (κ2) is 8.94. The van der Waals surface area contributed by atoms with Crippen molar-refractivity contribution in [3.8, 4) is 5.75 Å². The van der Waals surface area contributed by atoms with E-state index in [9.17, 15) is 13.2 Å². The van der Waals surface area contributed by atoms with E-state index in [1.54, 1.807) is 4.90 Å². The average molecular weight is 418 g/mol. The molecular formula is C21H27N3O4S. The Bertz CT molecular complexity index is 974. The quantitative estimate of drug-likeness (QED) is 0.803. The number of hydrogen-bond acceptors (Lipinski definition) is 5. The van der Waals surface area contributed by atoms with Crippen molar-refractivity contribution in [2.75, 3.05) is 33.3 Å². The van der Waals surface area contributed by atoms with Gasteiger partial charge in [0, 0.05) is 32.7 Å². The summed E-state index contributed by atoms with van der Waals surface area (Å²) in [6.07, 6.45) is 0.842. The molecule has 0 atom stereocenters. The van der Waals surface area contributed by atoms with Gasteiger partial charge in [-0.3, -0.25) is 9.69 Å². The van der Waals surface area contributed by atoms with Crippen molar-refractivity contribution in [3.63, 3.8) is 0 Å². The van der Waals surface area contributed by atoms with E-state index in [2.05, 4.69) is 36.1 Å². The van der Waals surface area contributed by atoms with Crippen LogP contribution in [-0.2, 0) is 16.6 Å². The Labute approximate surface area is 172 Å². The van der Waals surface area contributed by atoms with Gasteiger partial charge < -0.3 is 9.64 Å². The molecule has 0 aromatic heterocycles. The van der Waals surface area contributed by atoms with Gasteiger partial charge in [-0.2, -0.15) is 0 Å². The van der Waals surface area contributed by atoms with Crippen LogP contribution in [0.1, 0.15) is 27.9 Å². The third-order valence-electron chi connectivity index (χ3n) is 5.13. The third kappa shape index (κ3) is 5.35. The van der Waals surface area contributed by atoms with E-state index in [1.807, 2.05) is 0 Å². The van der Waals surface area contributed by atoms with Crippen molar-refractivity contribution in [2.45, 2.75) is 24.8 Å². The van der Waals surface area contributed by atoms with E-state index in [0.717, 1.165) is 26.1 Å². The van der Waals surface area contributed by atoms with Gasteiger partial charge in [0.1, 0.15) is 5.75 Å². The lowest BCUT2D eigenvalue weighted by Crippen LogP contribution is -2.35. The number of methoxy groups -OCH3 is 1. The van der Waals surface area contributed by atoms with Gasteiger partial charge in [-0.25, -0.2) is 13.6 Å². The van der Waals surface area contributed by atoms with Gasteiger partial charge in [0.05, 0.1) is 17.6 Å². The topological polar surface area (TPSA) is 92.9 Å². The number of carbonyl (C=O) groups is 1. The largest absolute Gasteiger partial charge is 0.496 e. The van der Waals surface area contributed by atoms with Crippen LogP contribution in [0.15, 0.2) is 47.4 Å². The molecule has 1 fully saturated rings. The number of carbonyl (C=O) groups excluding carboxylic acids is 1. The van der Waals surface area contributed by atoms with Crippen LogP contribution >= 0.6 is 0 Å². The summed E-state index contributed by atoms with van der Waals surface area (Å²) >= 11 is 0. The first-order valence-corrected chi connectivity index (χ1v) is 11.1. The fourth-order valence-corrected chi connectivity index (χ4v) is 4.03. The SMILES string of the molecule is COc1ccc(S(N)(=O)=O)cc1C(=O)N1CCCN(Cc2ccc(C)cc2)CC1. The van der Waals surface area contributed by atoms with E-state index in [4.69, 9.17) is 9.88 Å². The number of nitrogens with two attached hydrogens (primary N) is 1. The molecule has 0 bridgehead atoms. The van der Waals surface area contributed by atoms with E-state index in [-0.39, 0.29) is 16.4 Å². The smallest absolute Gasteiger partial charge is 0.257 e. The Hall–Kier alpha value is -2.42. The molecule has 2 aromatic carbocycles. The van der Waals surface area contributed by atoms with Crippen molar-refractivity contribution >= 4 is 15.9 Å².